The van der Waals surface area contributed by atoms with Crippen LogP contribution >= 0.6 is 11.6 Å². The zero-order chi connectivity index (χ0) is 20.8. The van der Waals surface area contributed by atoms with Crippen LogP contribution in [0.1, 0.15) is 28.4 Å². The van der Waals surface area contributed by atoms with Crippen LogP contribution in [0.15, 0.2) is 42.5 Å². The molecule has 1 aliphatic rings. The molecule has 1 N–H and O–H groups in total. The van der Waals surface area contributed by atoms with Crippen LogP contribution in [0.5, 0.6) is 0 Å². The van der Waals surface area contributed by atoms with Crippen molar-refractivity contribution in [2.75, 3.05) is 31.6 Å². The predicted octanol–water partition coefficient (Wildman–Crippen LogP) is 3.66. The fraction of sp³-hybridized carbons (Fsp3) is 0.364. The highest BCUT2D eigenvalue weighted by molar-refractivity contribution is 6.31. The van der Waals surface area contributed by atoms with E-state index in [1.54, 1.807) is 37.3 Å². The fourth-order valence-corrected chi connectivity index (χ4v) is 3.20. The van der Waals surface area contributed by atoms with Gasteiger partial charge in [0.05, 0.1) is 18.8 Å². The SMILES string of the molecule is Cc1c(Cl)cccc1NC(=O)[C@@H](C)OC(=O)c1ccc(CN2CCOCC2)cc1. The topological polar surface area (TPSA) is 67.9 Å². The zero-order valence-electron chi connectivity index (χ0n) is 16.6. The summed E-state index contributed by atoms with van der Waals surface area (Å²) in [6.07, 6.45) is -0.936. The minimum absolute atomic E-state index is 0.410. The Bertz CT molecular complexity index is 864. The van der Waals surface area contributed by atoms with E-state index in [1.807, 2.05) is 19.1 Å². The number of rotatable bonds is 6. The fourth-order valence-electron chi connectivity index (χ4n) is 3.02. The van der Waals surface area contributed by atoms with Crippen molar-refractivity contribution in [1.29, 1.82) is 0 Å². The lowest BCUT2D eigenvalue weighted by Crippen LogP contribution is -2.35. The van der Waals surface area contributed by atoms with E-state index in [2.05, 4.69) is 10.2 Å². The van der Waals surface area contributed by atoms with Crippen LogP contribution in [0.3, 0.4) is 0 Å². The van der Waals surface area contributed by atoms with Gasteiger partial charge in [-0.1, -0.05) is 29.8 Å². The molecule has 0 unspecified atom stereocenters. The lowest BCUT2D eigenvalue weighted by Gasteiger charge is -2.26. The molecular weight excluding hydrogens is 392 g/mol. The van der Waals surface area contributed by atoms with Gasteiger partial charge in [-0.05, 0) is 49.2 Å². The number of esters is 1. The van der Waals surface area contributed by atoms with E-state index in [0.29, 0.717) is 16.3 Å². The molecule has 6 nitrogen and oxygen atoms in total. The number of benzene rings is 2. The number of amides is 1. The Balaban J connectivity index is 1.54. The summed E-state index contributed by atoms with van der Waals surface area (Å²) in [7, 11) is 0. The number of morpholine rings is 1. The molecule has 0 radical (unpaired) electrons. The molecular formula is C22H25ClN2O4. The molecule has 3 rings (SSSR count). The maximum atomic E-state index is 12.4. The van der Waals surface area contributed by atoms with Gasteiger partial charge >= 0.3 is 5.97 Å². The number of carbonyl (C=O) groups is 2. The number of halogens is 1. The highest BCUT2D eigenvalue weighted by atomic mass is 35.5. The van der Waals surface area contributed by atoms with Crippen LogP contribution in [-0.2, 0) is 20.8 Å². The van der Waals surface area contributed by atoms with E-state index < -0.39 is 18.0 Å². The average Bonchev–Trinajstić information content (AvgIpc) is 2.72. The van der Waals surface area contributed by atoms with Gasteiger partial charge in [-0.3, -0.25) is 9.69 Å². The first-order valence-corrected chi connectivity index (χ1v) is 9.98. The standard InChI is InChI=1S/C22H25ClN2O4/c1-15-19(23)4-3-5-20(15)24-21(26)16(2)29-22(27)18-8-6-17(7-9-18)14-25-10-12-28-13-11-25/h3-9,16H,10-14H2,1-2H3,(H,24,26)/t16-/m1/s1. The summed E-state index contributed by atoms with van der Waals surface area (Å²) in [4.78, 5) is 27.1. The van der Waals surface area contributed by atoms with Crippen molar-refractivity contribution in [2.45, 2.75) is 26.5 Å². The summed E-state index contributed by atoms with van der Waals surface area (Å²) in [5.41, 5.74) is 2.88. The first-order valence-electron chi connectivity index (χ1n) is 9.60. The zero-order valence-corrected chi connectivity index (χ0v) is 17.4. The van der Waals surface area contributed by atoms with Gasteiger partial charge in [-0.15, -0.1) is 0 Å². The van der Waals surface area contributed by atoms with Crippen LogP contribution in [0.25, 0.3) is 0 Å². The molecule has 1 fully saturated rings. The third-order valence-electron chi connectivity index (χ3n) is 4.88. The van der Waals surface area contributed by atoms with Crippen molar-refractivity contribution in [3.8, 4) is 0 Å². The van der Waals surface area contributed by atoms with Gasteiger partial charge in [-0.2, -0.15) is 0 Å². The van der Waals surface area contributed by atoms with Gasteiger partial charge in [0, 0.05) is 30.3 Å². The summed E-state index contributed by atoms with van der Waals surface area (Å²) >= 11 is 6.07. The normalized spacial score (nSPS) is 15.6. The lowest BCUT2D eigenvalue weighted by atomic mass is 10.1. The molecule has 0 aliphatic carbocycles. The van der Waals surface area contributed by atoms with E-state index in [4.69, 9.17) is 21.1 Å². The van der Waals surface area contributed by atoms with Crippen LogP contribution in [-0.4, -0.2) is 49.2 Å². The van der Waals surface area contributed by atoms with Crippen molar-refractivity contribution in [1.82, 2.24) is 4.90 Å². The van der Waals surface area contributed by atoms with Crippen LogP contribution in [0.4, 0.5) is 5.69 Å². The first kappa shape index (κ1) is 21.3. The molecule has 0 aromatic heterocycles. The quantitative estimate of drug-likeness (QED) is 0.728. The van der Waals surface area contributed by atoms with Crippen molar-refractivity contribution in [2.24, 2.45) is 0 Å². The minimum Gasteiger partial charge on any atom is -0.449 e. The molecule has 0 spiro atoms. The average molecular weight is 417 g/mol. The largest absolute Gasteiger partial charge is 0.449 e. The van der Waals surface area contributed by atoms with Crippen molar-refractivity contribution in [3.63, 3.8) is 0 Å². The summed E-state index contributed by atoms with van der Waals surface area (Å²) < 4.78 is 10.7. The Labute approximate surface area is 175 Å². The Morgan fingerprint density at radius 3 is 2.55 bits per heavy atom. The third-order valence-corrected chi connectivity index (χ3v) is 5.29. The van der Waals surface area contributed by atoms with Gasteiger partial charge in [-0.25, -0.2) is 4.79 Å². The highest BCUT2D eigenvalue weighted by Gasteiger charge is 2.20. The molecule has 29 heavy (non-hydrogen) atoms. The molecule has 1 saturated heterocycles. The molecule has 154 valence electrons. The molecule has 0 bridgehead atoms. The number of carbonyl (C=O) groups excluding carboxylic acids is 2. The summed E-state index contributed by atoms with van der Waals surface area (Å²) in [6.45, 7) is 7.48. The van der Waals surface area contributed by atoms with E-state index in [1.165, 1.54) is 0 Å². The first-order chi connectivity index (χ1) is 13.9. The second-order valence-corrected chi connectivity index (χ2v) is 7.44. The Hall–Kier alpha value is -2.41. The van der Waals surface area contributed by atoms with Gasteiger partial charge in [0.25, 0.3) is 5.91 Å². The second kappa shape index (κ2) is 9.87. The van der Waals surface area contributed by atoms with E-state index >= 15 is 0 Å². The number of nitrogens with one attached hydrogen (secondary N) is 1. The summed E-state index contributed by atoms with van der Waals surface area (Å²) in [5.74, 6) is -0.943. The molecule has 1 aliphatic heterocycles. The molecule has 7 heteroatoms. The van der Waals surface area contributed by atoms with Gasteiger partial charge in [0.15, 0.2) is 6.10 Å². The van der Waals surface area contributed by atoms with Gasteiger partial charge in [0.2, 0.25) is 0 Å². The monoisotopic (exact) mass is 416 g/mol. The third kappa shape index (κ3) is 5.79. The molecule has 1 amide bonds. The Morgan fingerprint density at radius 2 is 1.86 bits per heavy atom. The molecule has 0 saturated carbocycles. The van der Waals surface area contributed by atoms with E-state index in [0.717, 1.165) is 44.0 Å². The summed E-state index contributed by atoms with van der Waals surface area (Å²) in [5, 5.41) is 3.31. The predicted molar refractivity (Wildman–Crippen MR) is 112 cm³/mol. The van der Waals surface area contributed by atoms with E-state index in [-0.39, 0.29) is 0 Å². The number of ether oxygens (including phenoxy) is 2. The van der Waals surface area contributed by atoms with E-state index in [9.17, 15) is 9.59 Å². The second-order valence-electron chi connectivity index (χ2n) is 7.03. The minimum atomic E-state index is -0.936. The van der Waals surface area contributed by atoms with Gasteiger partial charge < -0.3 is 14.8 Å². The molecule has 1 heterocycles. The lowest BCUT2D eigenvalue weighted by molar-refractivity contribution is -0.123. The molecule has 1 atom stereocenters. The number of nitrogens with zero attached hydrogens (tertiary/aromatic N) is 1. The van der Waals surface area contributed by atoms with Crippen LogP contribution < -0.4 is 5.32 Å². The Kier molecular flexibility index (Phi) is 7.25. The maximum Gasteiger partial charge on any atom is 0.338 e. The number of hydrogen-bond donors (Lipinski definition) is 1. The molecule has 2 aromatic carbocycles. The van der Waals surface area contributed by atoms with Crippen molar-refractivity contribution < 1.29 is 19.1 Å². The van der Waals surface area contributed by atoms with Crippen LogP contribution in [0.2, 0.25) is 5.02 Å². The van der Waals surface area contributed by atoms with Crippen LogP contribution in [0, 0.1) is 6.92 Å². The van der Waals surface area contributed by atoms with Gasteiger partial charge in [0.1, 0.15) is 0 Å². The smallest absolute Gasteiger partial charge is 0.338 e. The molecule has 2 aromatic rings. The Morgan fingerprint density at radius 1 is 1.17 bits per heavy atom. The number of hydrogen-bond acceptors (Lipinski definition) is 5. The highest BCUT2D eigenvalue weighted by Crippen LogP contribution is 2.23. The van der Waals surface area contributed by atoms with Crippen molar-refractivity contribution in [3.05, 3.63) is 64.2 Å². The maximum absolute atomic E-state index is 12.4. The number of anilines is 1. The van der Waals surface area contributed by atoms with Crippen molar-refractivity contribution >= 4 is 29.2 Å². The summed E-state index contributed by atoms with van der Waals surface area (Å²) in [6, 6.07) is 12.5.